The van der Waals surface area contributed by atoms with Gasteiger partial charge in [0.15, 0.2) is 0 Å². The van der Waals surface area contributed by atoms with Gasteiger partial charge in [0, 0.05) is 30.3 Å². The Morgan fingerprint density at radius 2 is 1.70 bits per heavy atom. The first-order valence-corrected chi connectivity index (χ1v) is 10.8. The molecule has 0 aliphatic rings. The number of carbonyl (C=O) groups excluding carboxylic acids is 2. The van der Waals surface area contributed by atoms with Crippen LogP contribution in [0.25, 0.3) is 22.2 Å². The Bertz CT molecular complexity index is 1280. The third kappa shape index (κ3) is 4.57. The maximum absolute atomic E-state index is 12.8. The summed E-state index contributed by atoms with van der Waals surface area (Å²) in [4.78, 5) is 34.7. The van der Waals surface area contributed by atoms with Crippen molar-refractivity contribution in [3.8, 4) is 16.9 Å². The standard InChI is InChI=1S/C26H26N4O3/c1-4-16-30(2)25(32)19-12-10-18(11-13-19)24(31)29-26-27-22-20(17-8-6-5-7-9-17)14-15-21(33-3)23(22)28-26/h5-15H,4,16H2,1-3H3,(H2,27,28,29,31). The zero-order valence-electron chi connectivity index (χ0n) is 18.9. The van der Waals surface area contributed by atoms with Crippen molar-refractivity contribution in [2.24, 2.45) is 0 Å². The van der Waals surface area contributed by atoms with Crippen LogP contribution in [0.4, 0.5) is 5.95 Å². The number of nitrogens with zero attached hydrogens (tertiary/aromatic N) is 2. The number of rotatable bonds is 7. The fourth-order valence-corrected chi connectivity index (χ4v) is 3.75. The van der Waals surface area contributed by atoms with E-state index in [4.69, 9.17) is 4.74 Å². The molecule has 0 saturated carbocycles. The van der Waals surface area contributed by atoms with Gasteiger partial charge >= 0.3 is 0 Å². The predicted molar refractivity (Wildman–Crippen MR) is 130 cm³/mol. The molecule has 2 amide bonds. The lowest BCUT2D eigenvalue weighted by atomic mass is 10.0. The molecule has 7 heteroatoms. The molecule has 4 rings (SSSR count). The summed E-state index contributed by atoms with van der Waals surface area (Å²) in [5.74, 6) is 0.539. The highest BCUT2D eigenvalue weighted by Crippen LogP contribution is 2.33. The van der Waals surface area contributed by atoms with Crippen LogP contribution in [-0.2, 0) is 0 Å². The van der Waals surface area contributed by atoms with Crippen LogP contribution in [0, 0.1) is 0 Å². The Balaban J connectivity index is 1.59. The predicted octanol–water partition coefficient (Wildman–Crippen LogP) is 4.97. The van der Waals surface area contributed by atoms with Crippen molar-refractivity contribution in [2.45, 2.75) is 13.3 Å². The first kappa shape index (κ1) is 22.1. The number of amides is 2. The van der Waals surface area contributed by atoms with Crippen LogP contribution in [0.3, 0.4) is 0 Å². The number of ether oxygens (including phenoxy) is 1. The Morgan fingerprint density at radius 1 is 1.00 bits per heavy atom. The lowest BCUT2D eigenvalue weighted by Crippen LogP contribution is -2.27. The second kappa shape index (κ2) is 9.56. The third-order valence-electron chi connectivity index (χ3n) is 5.44. The summed E-state index contributed by atoms with van der Waals surface area (Å²) < 4.78 is 5.46. The number of methoxy groups -OCH3 is 1. The van der Waals surface area contributed by atoms with Crippen LogP contribution >= 0.6 is 0 Å². The molecular formula is C26H26N4O3. The highest BCUT2D eigenvalue weighted by atomic mass is 16.5. The van der Waals surface area contributed by atoms with Crippen molar-refractivity contribution < 1.29 is 14.3 Å². The third-order valence-corrected chi connectivity index (χ3v) is 5.44. The lowest BCUT2D eigenvalue weighted by Gasteiger charge is -2.16. The maximum atomic E-state index is 12.8. The van der Waals surface area contributed by atoms with E-state index in [2.05, 4.69) is 15.3 Å². The summed E-state index contributed by atoms with van der Waals surface area (Å²) >= 11 is 0. The summed E-state index contributed by atoms with van der Waals surface area (Å²) in [6.07, 6.45) is 0.886. The van der Waals surface area contributed by atoms with Gasteiger partial charge in [0.2, 0.25) is 5.95 Å². The number of benzene rings is 3. The number of imidazole rings is 1. The van der Waals surface area contributed by atoms with Crippen molar-refractivity contribution in [1.29, 1.82) is 0 Å². The second-order valence-corrected chi connectivity index (χ2v) is 7.75. The van der Waals surface area contributed by atoms with Crippen molar-refractivity contribution in [3.63, 3.8) is 0 Å². The van der Waals surface area contributed by atoms with Crippen LogP contribution in [0.15, 0.2) is 66.7 Å². The number of H-pyrrole nitrogens is 1. The molecule has 3 aromatic carbocycles. The van der Waals surface area contributed by atoms with E-state index in [1.165, 1.54) is 0 Å². The molecule has 0 atom stereocenters. The minimum Gasteiger partial charge on any atom is -0.494 e. The molecule has 2 N–H and O–H groups in total. The number of aromatic nitrogens is 2. The number of hydrogen-bond donors (Lipinski definition) is 2. The van der Waals surface area contributed by atoms with Crippen LogP contribution in [0.5, 0.6) is 5.75 Å². The molecule has 1 heterocycles. The quantitative estimate of drug-likeness (QED) is 0.423. The Labute approximate surface area is 192 Å². The minimum absolute atomic E-state index is 0.0679. The van der Waals surface area contributed by atoms with E-state index in [0.717, 1.165) is 23.1 Å². The van der Waals surface area contributed by atoms with Crippen molar-refractivity contribution >= 4 is 28.8 Å². The SMILES string of the molecule is CCCN(C)C(=O)c1ccc(C(=O)Nc2nc3c(OC)ccc(-c4ccccc4)c3[nH]2)cc1. The van der Waals surface area contributed by atoms with Crippen LogP contribution in [-0.4, -0.2) is 47.4 Å². The number of hydrogen-bond acceptors (Lipinski definition) is 4. The summed E-state index contributed by atoms with van der Waals surface area (Å²) in [6, 6.07) is 20.4. The molecule has 7 nitrogen and oxygen atoms in total. The largest absolute Gasteiger partial charge is 0.494 e. The number of aromatic amines is 1. The minimum atomic E-state index is -0.324. The van der Waals surface area contributed by atoms with Gasteiger partial charge in [0.05, 0.1) is 12.6 Å². The smallest absolute Gasteiger partial charge is 0.257 e. The first-order valence-electron chi connectivity index (χ1n) is 10.8. The van der Waals surface area contributed by atoms with Gasteiger partial charge in [-0.2, -0.15) is 0 Å². The summed E-state index contributed by atoms with van der Waals surface area (Å²) in [6.45, 7) is 2.70. The zero-order valence-corrected chi connectivity index (χ0v) is 18.9. The second-order valence-electron chi connectivity index (χ2n) is 7.75. The van der Waals surface area contributed by atoms with Gasteiger partial charge in [-0.05, 0) is 48.4 Å². The zero-order chi connectivity index (χ0) is 23.4. The molecule has 0 saturated heterocycles. The number of fused-ring (bicyclic) bond motifs is 1. The molecular weight excluding hydrogens is 416 g/mol. The highest BCUT2D eigenvalue weighted by Gasteiger charge is 2.16. The maximum Gasteiger partial charge on any atom is 0.257 e. The van der Waals surface area contributed by atoms with Crippen molar-refractivity contribution in [2.75, 3.05) is 26.0 Å². The van der Waals surface area contributed by atoms with E-state index in [-0.39, 0.29) is 11.8 Å². The van der Waals surface area contributed by atoms with Gasteiger partial charge in [0.25, 0.3) is 11.8 Å². The fourth-order valence-electron chi connectivity index (χ4n) is 3.75. The Morgan fingerprint density at radius 3 is 2.36 bits per heavy atom. The highest BCUT2D eigenvalue weighted by molar-refractivity contribution is 6.05. The van der Waals surface area contributed by atoms with Crippen LogP contribution in [0.1, 0.15) is 34.1 Å². The molecule has 0 aliphatic carbocycles. The summed E-state index contributed by atoms with van der Waals surface area (Å²) in [5.41, 5.74) is 4.37. The van der Waals surface area contributed by atoms with Crippen molar-refractivity contribution in [3.05, 3.63) is 77.9 Å². The molecule has 4 aromatic rings. The first-order chi connectivity index (χ1) is 16.0. The average Bonchev–Trinajstić information content (AvgIpc) is 3.27. The normalized spacial score (nSPS) is 10.8. The molecule has 0 radical (unpaired) electrons. The molecule has 1 aromatic heterocycles. The van der Waals surface area contributed by atoms with Crippen molar-refractivity contribution in [1.82, 2.24) is 14.9 Å². The van der Waals surface area contributed by atoms with Crippen LogP contribution < -0.4 is 10.1 Å². The van der Waals surface area contributed by atoms with Gasteiger partial charge in [-0.25, -0.2) is 4.98 Å². The monoisotopic (exact) mass is 442 g/mol. The fraction of sp³-hybridized carbons (Fsp3) is 0.192. The molecule has 0 spiro atoms. The average molecular weight is 443 g/mol. The van der Waals surface area contributed by atoms with Gasteiger partial charge in [-0.1, -0.05) is 37.3 Å². The number of carbonyl (C=O) groups is 2. The van der Waals surface area contributed by atoms with E-state index in [0.29, 0.717) is 34.9 Å². The van der Waals surface area contributed by atoms with Crippen LogP contribution in [0.2, 0.25) is 0 Å². The van der Waals surface area contributed by atoms with E-state index >= 15 is 0 Å². The number of anilines is 1. The molecule has 0 unspecified atom stereocenters. The Hall–Kier alpha value is -4.13. The van der Waals surface area contributed by atoms with E-state index in [1.54, 1.807) is 43.3 Å². The summed E-state index contributed by atoms with van der Waals surface area (Å²) in [7, 11) is 3.36. The van der Waals surface area contributed by atoms with Gasteiger partial charge < -0.3 is 14.6 Å². The van der Waals surface area contributed by atoms with E-state index in [1.807, 2.05) is 49.4 Å². The lowest BCUT2D eigenvalue weighted by molar-refractivity contribution is 0.0794. The molecule has 0 fully saturated rings. The molecule has 168 valence electrons. The summed E-state index contributed by atoms with van der Waals surface area (Å²) in [5, 5.41) is 2.81. The molecule has 0 bridgehead atoms. The molecule has 0 aliphatic heterocycles. The van der Waals surface area contributed by atoms with E-state index in [9.17, 15) is 9.59 Å². The van der Waals surface area contributed by atoms with Gasteiger partial charge in [-0.3, -0.25) is 14.9 Å². The molecule has 33 heavy (non-hydrogen) atoms. The number of nitrogens with one attached hydrogen (secondary N) is 2. The topological polar surface area (TPSA) is 87.3 Å². The van der Waals surface area contributed by atoms with E-state index < -0.39 is 0 Å². The Kier molecular flexibility index (Phi) is 6.40. The van der Waals surface area contributed by atoms with Gasteiger partial charge in [0.1, 0.15) is 11.3 Å². The van der Waals surface area contributed by atoms with Gasteiger partial charge in [-0.15, -0.1) is 0 Å².